The van der Waals surface area contributed by atoms with Crippen molar-refractivity contribution in [2.24, 2.45) is 5.73 Å². The first-order valence-corrected chi connectivity index (χ1v) is 3.72. The highest BCUT2D eigenvalue weighted by molar-refractivity contribution is 5.73. The Hall–Kier alpha value is -1.55. The Labute approximate surface area is 77.0 Å². The first kappa shape index (κ1) is 8.07. The molecule has 1 aromatic carbocycles. The van der Waals surface area contributed by atoms with Gasteiger partial charge in [-0.25, -0.2) is 0 Å². The van der Waals surface area contributed by atoms with Crippen molar-refractivity contribution in [2.75, 3.05) is 0 Å². The molecule has 0 aliphatic rings. The fourth-order valence-corrected chi connectivity index (χ4v) is 0.909. The summed E-state index contributed by atoms with van der Waals surface area (Å²) in [4.78, 5) is 10.5. The highest BCUT2D eigenvalue weighted by Gasteiger charge is 2.11. The van der Waals surface area contributed by atoms with Crippen LogP contribution in [0.1, 0.15) is 6.93 Å². The van der Waals surface area contributed by atoms with Gasteiger partial charge in [0.05, 0.1) is 1.37 Å². The van der Waals surface area contributed by atoms with Gasteiger partial charge in [0.1, 0.15) is 11.8 Å². The Kier molecular flexibility index (Phi) is 2.43. The fourth-order valence-electron chi connectivity index (χ4n) is 0.909. The van der Waals surface area contributed by atoms with Crippen molar-refractivity contribution in [3.63, 3.8) is 0 Å². The third-order valence-electron chi connectivity index (χ3n) is 1.61. The molecule has 0 aromatic heterocycles. The molecule has 4 heteroatoms. The number of phenols is 1. The Morgan fingerprint density at radius 1 is 1.54 bits per heavy atom. The molecular formula is C9H11NO3. The van der Waals surface area contributed by atoms with Crippen LogP contribution in [-0.4, -0.2) is 22.2 Å². The molecule has 0 saturated carbocycles. The van der Waals surface area contributed by atoms with Crippen LogP contribution in [-0.2, 0) is 11.2 Å². The van der Waals surface area contributed by atoms with Gasteiger partial charge in [0, 0.05) is 0 Å². The number of aliphatic carboxylic acids is 1. The molecule has 0 amide bonds. The second-order valence-corrected chi connectivity index (χ2v) is 2.67. The van der Waals surface area contributed by atoms with E-state index in [0.717, 1.165) is 0 Å². The number of aromatic hydroxyl groups is 1. The van der Waals surface area contributed by atoms with E-state index in [1.165, 1.54) is 24.3 Å². The van der Waals surface area contributed by atoms with E-state index in [0.29, 0.717) is 5.56 Å². The van der Waals surface area contributed by atoms with Crippen molar-refractivity contribution >= 4 is 5.97 Å². The van der Waals surface area contributed by atoms with Crippen LogP contribution in [0.4, 0.5) is 0 Å². The molecule has 1 rings (SSSR count). The summed E-state index contributed by atoms with van der Waals surface area (Å²) in [6.45, 7) is 0. The molecule has 0 unspecified atom stereocenters. The Bertz CT molecular complexity index is 334. The molecule has 4 N–H and O–H groups in total. The van der Waals surface area contributed by atoms with E-state index >= 15 is 0 Å². The molecular weight excluding hydrogens is 170 g/mol. The van der Waals surface area contributed by atoms with Crippen molar-refractivity contribution in [1.29, 1.82) is 0 Å². The summed E-state index contributed by atoms with van der Waals surface area (Å²) in [7, 11) is 0. The van der Waals surface area contributed by atoms with E-state index in [9.17, 15) is 4.79 Å². The lowest BCUT2D eigenvalue weighted by Crippen LogP contribution is -2.32. The molecule has 0 aliphatic heterocycles. The average Bonchev–Trinajstić information content (AvgIpc) is 2.08. The predicted molar refractivity (Wildman–Crippen MR) is 47.4 cm³/mol. The van der Waals surface area contributed by atoms with E-state index in [4.69, 9.17) is 17.3 Å². The van der Waals surface area contributed by atoms with Gasteiger partial charge in [-0.15, -0.1) is 0 Å². The molecule has 0 saturated heterocycles. The van der Waals surface area contributed by atoms with Gasteiger partial charge < -0.3 is 15.9 Å². The number of phenolic OH excluding ortho intramolecular Hbond substituents is 1. The molecule has 70 valence electrons. The maximum Gasteiger partial charge on any atom is 0.320 e. The number of carboxylic acids is 1. The van der Waals surface area contributed by atoms with Gasteiger partial charge in [0.25, 0.3) is 0 Å². The quantitative estimate of drug-likeness (QED) is 0.629. The van der Waals surface area contributed by atoms with Crippen molar-refractivity contribution in [2.45, 2.75) is 12.4 Å². The minimum Gasteiger partial charge on any atom is -0.508 e. The van der Waals surface area contributed by atoms with Gasteiger partial charge >= 0.3 is 5.97 Å². The van der Waals surface area contributed by atoms with E-state index in [2.05, 4.69) is 0 Å². The lowest BCUT2D eigenvalue weighted by atomic mass is 10.1. The van der Waals surface area contributed by atoms with Crippen LogP contribution in [0.15, 0.2) is 24.3 Å². The molecule has 1 atom stereocenters. The lowest BCUT2D eigenvalue weighted by Gasteiger charge is -2.05. The van der Waals surface area contributed by atoms with Crippen LogP contribution in [0.5, 0.6) is 5.75 Å². The Balaban J connectivity index is 2.79. The summed E-state index contributed by atoms with van der Waals surface area (Å²) in [5.74, 6) is -1.28. The SMILES string of the molecule is [2H][C@@](N)(Cc1ccc(O)cc1)C(=O)O. The number of hydrogen-bond acceptors (Lipinski definition) is 3. The van der Waals surface area contributed by atoms with Gasteiger partial charge in [-0.2, -0.15) is 0 Å². The topological polar surface area (TPSA) is 83.5 Å². The summed E-state index contributed by atoms with van der Waals surface area (Å²) < 4.78 is 7.29. The monoisotopic (exact) mass is 182 g/mol. The van der Waals surface area contributed by atoms with E-state index in [-0.39, 0.29) is 12.2 Å². The zero-order valence-corrected chi connectivity index (χ0v) is 6.90. The third kappa shape index (κ3) is 2.76. The highest BCUT2D eigenvalue weighted by atomic mass is 16.4. The Morgan fingerprint density at radius 3 is 2.54 bits per heavy atom. The second-order valence-electron chi connectivity index (χ2n) is 2.67. The van der Waals surface area contributed by atoms with Gasteiger partial charge in [-0.3, -0.25) is 4.79 Å². The van der Waals surface area contributed by atoms with Crippen molar-refractivity contribution in [3.05, 3.63) is 29.8 Å². The molecule has 0 heterocycles. The fraction of sp³-hybridized carbons (Fsp3) is 0.222. The van der Waals surface area contributed by atoms with Crippen molar-refractivity contribution < 1.29 is 16.4 Å². The second kappa shape index (κ2) is 3.91. The predicted octanol–water partition coefficient (Wildman–Crippen LogP) is 0.347. The van der Waals surface area contributed by atoms with Gasteiger partial charge in [-0.1, -0.05) is 12.1 Å². The molecule has 1 aromatic rings. The number of benzene rings is 1. The number of carbonyl (C=O) groups is 1. The van der Waals surface area contributed by atoms with E-state index < -0.39 is 12.0 Å². The first-order chi connectivity index (χ1) is 6.42. The third-order valence-corrected chi connectivity index (χ3v) is 1.61. The average molecular weight is 182 g/mol. The minimum absolute atomic E-state index is 0.0941. The molecule has 4 nitrogen and oxygen atoms in total. The zero-order valence-electron chi connectivity index (χ0n) is 7.90. The largest absolute Gasteiger partial charge is 0.508 e. The van der Waals surface area contributed by atoms with E-state index in [1.807, 2.05) is 0 Å². The molecule has 13 heavy (non-hydrogen) atoms. The zero-order chi connectivity index (χ0) is 10.8. The Morgan fingerprint density at radius 2 is 2.08 bits per heavy atom. The summed E-state index contributed by atoms with van der Waals surface area (Å²) in [6.07, 6.45) is -0.0946. The molecule has 0 bridgehead atoms. The van der Waals surface area contributed by atoms with Crippen molar-refractivity contribution in [3.8, 4) is 5.75 Å². The van der Waals surface area contributed by atoms with Crippen LogP contribution < -0.4 is 5.73 Å². The summed E-state index contributed by atoms with van der Waals surface area (Å²) in [5.41, 5.74) is 5.83. The summed E-state index contributed by atoms with van der Waals surface area (Å²) in [6, 6.07) is 3.90. The summed E-state index contributed by atoms with van der Waals surface area (Å²) >= 11 is 0. The number of rotatable bonds is 3. The molecule has 0 spiro atoms. The van der Waals surface area contributed by atoms with Crippen molar-refractivity contribution in [1.82, 2.24) is 0 Å². The lowest BCUT2D eigenvalue weighted by molar-refractivity contribution is -0.138. The maximum absolute atomic E-state index is 10.5. The normalized spacial score (nSPS) is 15.9. The van der Waals surface area contributed by atoms with Crippen LogP contribution >= 0.6 is 0 Å². The number of hydrogen-bond donors (Lipinski definition) is 3. The molecule has 0 aliphatic carbocycles. The molecule has 0 fully saturated rings. The van der Waals surface area contributed by atoms with Crippen LogP contribution in [0.2, 0.25) is 0 Å². The van der Waals surface area contributed by atoms with Gasteiger partial charge in [-0.05, 0) is 24.1 Å². The van der Waals surface area contributed by atoms with Crippen LogP contribution in [0.25, 0.3) is 0 Å². The highest BCUT2D eigenvalue weighted by Crippen LogP contribution is 2.10. The van der Waals surface area contributed by atoms with Gasteiger partial charge in [0.15, 0.2) is 0 Å². The number of nitrogens with two attached hydrogens (primary N) is 1. The van der Waals surface area contributed by atoms with Crippen LogP contribution in [0, 0.1) is 0 Å². The smallest absolute Gasteiger partial charge is 0.320 e. The van der Waals surface area contributed by atoms with Gasteiger partial charge in [0.2, 0.25) is 0 Å². The van der Waals surface area contributed by atoms with Crippen LogP contribution in [0.3, 0.4) is 0 Å². The number of carboxylic acid groups (broad SMARTS) is 1. The summed E-state index contributed by atoms with van der Waals surface area (Å²) in [5, 5.41) is 17.6. The first-order valence-electron chi connectivity index (χ1n) is 4.22. The maximum atomic E-state index is 10.5. The standard InChI is InChI=1S/C9H11NO3/c10-8(9(12)13)5-6-1-3-7(11)4-2-6/h1-4,8,11H,5,10H2,(H,12,13)/t8-/m1/s1/i8D. The minimum atomic E-state index is -2.02. The molecule has 0 radical (unpaired) electrons. The van der Waals surface area contributed by atoms with E-state index in [1.54, 1.807) is 0 Å².